The van der Waals surface area contributed by atoms with Gasteiger partial charge in [0.25, 0.3) is 0 Å². The van der Waals surface area contributed by atoms with E-state index in [1.165, 1.54) is 0 Å². The van der Waals surface area contributed by atoms with Crippen molar-refractivity contribution in [2.45, 2.75) is 12.3 Å². The van der Waals surface area contributed by atoms with Crippen molar-refractivity contribution in [3.05, 3.63) is 30.6 Å². The number of pyridine rings is 1. The van der Waals surface area contributed by atoms with E-state index >= 15 is 0 Å². The largest absolute Gasteiger partial charge is 0.315 e. The van der Waals surface area contributed by atoms with Crippen molar-refractivity contribution in [1.82, 2.24) is 15.6 Å². The quantitative estimate of drug-likeness (QED) is 0.419. The van der Waals surface area contributed by atoms with E-state index in [0.717, 1.165) is 13.1 Å². The molecule has 1 saturated heterocycles. The molecule has 0 aliphatic carbocycles. The van der Waals surface area contributed by atoms with Gasteiger partial charge >= 0.3 is 0 Å². The van der Waals surface area contributed by atoms with E-state index in [4.69, 9.17) is 11.5 Å². The molecular weight excluding hydrogens is 178 g/mol. The highest BCUT2D eigenvalue weighted by molar-refractivity contribution is 4.88. The number of hydrogen-bond donors (Lipinski definition) is 4. The van der Waals surface area contributed by atoms with Crippen molar-refractivity contribution in [1.29, 1.82) is 0 Å². The minimum absolute atomic E-state index is 0.0266. The molecular formula is C9H17N5. The fourth-order valence-corrected chi connectivity index (χ4v) is 1.10. The Morgan fingerprint density at radius 3 is 1.79 bits per heavy atom. The maximum atomic E-state index is 5.47. The third-order valence-electron chi connectivity index (χ3n) is 1.72. The fourth-order valence-electron chi connectivity index (χ4n) is 1.10. The number of hydrogen-bond acceptors (Lipinski definition) is 5. The summed E-state index contributed by atoms with van der Waals surface area (Å²) in [5, 5.41) is 6.04. The van der Waals surface area contributed by atoms with Crippen LogP contribution in [0, 0.1) is 0 Å². The first-order chi connectivity index (χ1) is 6.79. The molecule has 14 heavy (non-hydrogen) atoms. The monoisotopic (exact) mass is 195 g/mol. The minimum Gasteiger partial charge on any atom is -0.315 e. The van der Waals surface area contributed by atoms with Gasteiger partial charge in [-0.2, -0.15) is 0 Å². The molecule has 78 valence electrons. The van der Waals surface area contributed by atoms with Crippen LogP contribution in [0.3, 0.4) is 0 Å². The normalized spacial score (nSPS) is 26.1. The summed E-state index contributed by atoms with van der Waals surface area (Å²) in [4.78, 5) is 3.78. The molecule has 2 rings (SSSR count). The molecule has 0 saturated carbocycles. The van der Waals surface area contributed by atoms with Gasteiger partial charge in [-0.15, -0.1) is 0 Å². The first-order valence-corrected chi connectivity index (χ1v) is 4.62. The topological polar surface area (TPSA) is 89.0 Å². The second-order valence-corrected chi connectivity index (χ2v) is 3.06. The van der Waals surface area contributed by atoms with Gasteiger partial charge in [0.1, 0.15) is 0 Å². The zero-order valence-electron chi connectivity index (χ0n) is 8.06. The highest BCUT2D eigenvalue weighted by Gasteiger charge is 2.11. The predicted octanol–water partition coefficient (Wildman–Crippen LogP) is -1.17. The van der Waals surface area contributed by atoms with Gasteiger partial charge in [0, 0.05) is 25.5 Å². The van der Waals surface area contributed by atoms with E-state index in [2.05, 4.69) is 15.6 Å². The number of nitrogens with two attached hydrogens (primary N) is 2. The summed E-state index contributed by atoms with van der Waals surface area (Å²) < 4.78 is 0. The zero-order valence-corrected chi connectivity index (χ0v) is 8.06. The average Bonchev–Trinajstić information content (AvgIpc) is 2.21. The van der Waals surface area contributed by atoms with Crippen LogP contribution in [0.2, 0.25) is 0 Å². The molecule has 5 heteroatoms. The first-order valence-electron chi connectivity index (χ1n) is 4.62. The lowest BCUT2D eigenvalue weighted by atomic mass is 10.3. The van der Waals surface area contributed by atoms with E-state index in [-0.39, 0.29) is 12.3 Å². The van der Waals surface area contributed by atoms with Crippen LogP contribution >= 0.6 is 0 Å². The number of rotatable bonds is 0. The van der Waals surface area contributed by atoms with Gasteiger partial charge in [-0.3, -0.25) is 10.3 Å². The SMILES string of the molecule is NC1CNCC(N)N1.c1ccncc1. The van der Waals surface area contributed by atoms with Crippen LogP contribution in [0.4, 0.5) is 0 Å². The summed E-state index contributed by atoms with van der Waals surface area (Å²) in [6.45, 7) is 1.63. The van der Waals surface area contributed by atoms with Gasteiger partial charge in [-0.1, -0.05) is 6.07 Å². The van der Waals surface area contributed by atoms with E-state index in [1.54, 1.807) is 12.4 Å². The summed E-state index contributed by atoms with van der Waals surface area (Å²) >= 11 is 0. The number of nitrogens with one attached hydrogen (secondary N) is 2. The molecule has 0 bridgehead atoms. The zero-order chi connectivity index (χ0) is 10.2. The van der Waals surface area contributed by atoms with Crippen molar-refractivity contribution in [2.75, 3.05) is 13.1 Å². The third kappa shape index (κ3) is 4.88. The summed E-state index contributed by atoms with van der Waals surface area (Å²) in [6, 6.07) is 5.72. The molecule has 1 aliphatic rings. The van der Waals surface area contributed by atoms with Crippen molar-refractivity contribution < 1.29 is 0 Å². The Morgan fingerprint density at radius 2 is 1.57 bits per heavy atom. The molecule has 6 N–H and O–H groups in total. The molecule has 1 aromatic heterocycles. The van der Waals surface area contributed by atoms with Crippen LogP contribution in [-0.2, 0) is 0 Å². The lowest BCUT2D eigenvalue weighted by molar-refractivity contribution is 0.350. The van der Waals surface area contributed by atoms with Gasteiger partial charge in [0.15, 0.2) is 0 Å². The molecule has 0 spiro atoms. The number of nitrogens with zero attached hydrogens (tertiary/aromatic N) is 1. The maximum Gasteiger partial charge on any atom is 0.0687 e. The Labute approximate surface area is 83.9 Å². The molecule has 1 aliphatic heterocycles. The fraction of sp³-hybridized carbons (Fsp3) is 0.444. The van der Waals surface area contributed by atoms with E-state index in [9.17, 15) is 0 Å². The third-order valence-corrected chi connectivity index (χ3v) is 1.72. The second-order valence-electron chi connectivity index (χ2n) is 3.06. The Morgan fingerprint density at radius 1 is 1.00 bits per heavy atom. The van der Waals surface area contributed by atoms with Crippen LogP contribution in [-0.4, -0.2) is 30.4 Å². The van der Waals surface area contributed by atoms with Gasteiger partial charge in [-0.25, -0.2) is 0 Å². The van der Waals surface area contributed by atoms with E-state index in [0.29, 0.717) is 0 Å². The Balaban J connectivity index is 0.000000146. The van der Waals surface area contributed by atoms with Crippen molar-refractivity contribution in [3.8, 4) is 0 Å². The minimum atomic E-state index is 0.0266. The summed E-state index contributed by atoms with van der Waals surface area (Å²) in [6.07, 6.45) is 3.55. The second kappa shape index (κ2) is 6.44. The van der Waals surface area contributed by atoms with Gasteiger partial charge in [-0.05, 0) is 12.1 Å². The lowest BCUT2D eigenvalue weighted by Gasteiger charge is -2.26. The molecule has 0 amide bonds. The van der Waals surface area contributed by atoms with Crippen LogP contribution < -0.4 is 22.1 Å². The summed E-state index contributed by atoms with van der Waals surface area (Å²) in [5.41, 5.74) is 10.9. The Hall–Kier alpha value is -1.01. The molecule has 5 nitrogen and oxygen atoms in total. The van der Waals surface area contributed by atoms with Gasteiger partial charge < -0.3 is 16.8 Å². The maximum absolute atomic E-state index is 5.47. The Kier molecular flexibility index (Phi) is 5.09. The van der Waals surface area contributed by atoms with Gasteiger partial charge in [0.05, 0.1) is 12.3 Å². The first kappa shape index (κ1) is 11.1. The van der Waals surface area contributed by atoms with Crippen molar-refractivity contribution in [2.24, 2.45) is 11.5 Å². The molecule has 2 atom stereocenters. The van der Waals surface area contributed by atoms with Crippen molar-refractivity contribution in [3.63, 3.8) is 0 Å². The average molecular weight is 195 g/mol. The van der Waals surface area contributed by atoms with Crippen LogP contribution in [0.1, 0.15) is 0 Å². The number of piperazine rings is 1. The smallest absolute Gasteiger partial charge is 0.0687 e. The highest BCUT2D eigenvalue weighted by atomic mass is 15.2. The molecule has 2 unspecified atom stereocenters. The van der Waals surface area contributed by atoms with Crippen LogP contribution in [0.25, 0.3) is 0 Å². The molecule has 2 heterocycles. The molecule has 1 aromatic rings. The molecule has 1 fully saturated rings. The summed E-state index contributed by atoms with van der Waals surface area (Å²) in [7, 11) is 0. The predicted molar refractivity (Wildman–Crippen MR) is 56.2 cm³/mol. The van der Waals surface area contributed by atoms with E-state index in [1.807, 2.05) is 18.2 Å². The Bertz CT molecular complexity index is 193. The summed E-state index contributed by atoms with van der Waals surface area (Å²) in [5.74, 6) is 0. The molecule has 0 aromatic carbocycles. The van der Waals surface area contributed by atoms with Crippen molar-refractivity contribution >= 4 is 0 Å². The van der Waals surface area contributed by atoms with E-state index < -0.39 is 0 Å². The standard InChI is InChI=1S/C5H5N.C4H12N4/c1-2-4-6-5-3-1;5-3-1-7-2-4(6)8-3/h1-5H;3-4,7-8H,1-2,5-6H2. The van der Waals surface area contributed by atoms with Crippen LogP contribution in [0.5, 0.6) is 0 Å². The number of aromatic nitrogens is 1. The van der Waals surface area contributed by atoms with Crippen LogP contribution in [0.15, 0.2) is 30.6 Å². The lowest BCUT2D eigenvalue weighted by Crippen LogP contribution is -2.61. The highest BCUT2D eigenvalue weighted by Crippen LogP contribution is 1.79. The van der Waals surface area contributed by atoms with Gasteiger partial charge in [0.2, 0.25) is 0 Å². The molecule has 0 radical (unpaired) electrons.